The first-order chi connectivity index (χ1) is 9.67. The molecule has 0 saturated heterocycles. The van der Waals surface area contributed by atoms with Crippen molar-refractivity contribution in [1.29, 1.82) is 0 Å². The summed E-state index contributed by atoms with van der Waals surface area (Å²) in [6.45, 7) is 4.18. The first kappa shape index (κ1) is 16.4. The smallest absolute Gasteiger partial charge is 0.337 e. The molecule has 0 aliphatic heterocycles. The molecule has 1 aromatic rings. The molecule has 0 aliphatic carbocycles. The van der Waals surface area contributed by atoms with E-state index in [9.17, 15) is 4.79 Å². The second-order valence-electron chi connectivity index (χ2n) is 4.00. The lowest BCUT2D eigenvalue weighted by Crippen LogP contribution is -2.29. The van der Waals surface area contributed by atoms with Gasteiger partial charge >= 0.3 is 5.97 Å². The Morgan fingerprint density at radius 2 is 2.00 bits per heavy atom. The van der Waals surface area contributed by atoms with Gasteiger partial charge in [0, 0.05) is 25.4 Å². The third-order valence-corrected chi connectivity index (χ3v) is 2.77. The Morgan fingerprint density at radius 1 is 1.30 bits per heavy atom. The van der Waals surface area contributed by atoms with E-state index in [1.54, 1.807) is 24.3 Å². The van der Waals surface area contributed by atoms with Crippen LogP contribution in [-0.4, -0.2) is 38.0 Å². The number of esters is 1. The maximum absolute atomic E-state index is 11.3. The van der Waals surface area contributed by atoms with E-state index in [1.165, 1.54) is 7.11 Å². The minimum absolute atomic E-state index is 0.354. The second-order valence-corrected chi connectivity index (χ2v) is 4.41. The fourth-order valence-corrected chi connectivity index (χ4v) is 1.72. The van der Waals surface area contributed by atoms with Gasteiger partial charge in [-0.05, 0) is 49.8 Å². The zero-order valence-corrected chi connectivity index (χ0v) is 12.6. The van der Waals surface area contributed by atoms with Crippen LogP contribution in [0.4, 0.5) is 5.69 Å². The SMILES string of the molecule is CCOCCCNC(=S)Nc1ccc(C(=O)OC)cc1. The molecule has 0 amide bonds. The van der Waals surface area contributed by atoms with Gasteiger partial charge in [0.1, 0.15) is 0 Å². The highest BCUT2D eigenvalue weighted by Gasteiger charge is 2.04. The highest BCUT2D eigenvalue weighted by Crippen LogP contribution is 2.10. The summed E-state index contributed by atoms with van der Waals surface area (Å²) >= 11 is 5.17. The molecular weight excluding hydrogens is 276 g/mol. The van der Waals surface area contributed by atoms with Crippen molar-refractivity contribution in [2.24, 2.45) is 0 Å². The normalized spacial score (nSPS) is 9.90. The maximum Gasteiger partial charge on any atom is 0.337 e. The van der Waals surface area contributed by atoms with Crippen LogP contribution in [0.3, 0.4) is 0 Å². The molecule has 0 atom stereocenters. The molecule has 110 valence electrons. The lowest BCUT2D eigenvalue weighted by Gasteiger charge is -2.10. The summed E-state index contributed by atoms with van der Waals surface area (Å²) in [5.74, 6) is -0.354. The zero-order valence-electron chi connectivity index (χ0n) is 11.8. The number of anilines is 1. The average Bonchev–Trinajstić information content (AvgIpc) is 2.47. The Kier molecular flexibility index (Phi) is 7.60. The quantitative estimate of drug-likeness (QED) is 0.457. The molecule has 1 aromatic carbocycles. The lowest BCUT2D eigenvalue weighted by molar-refractivity contribution is 0.0601. The molecule has 0 aromatic heterocycles. The van der Waals surface area contributed by atoms with Gasteiger partial charge in [0.05, 0.1) is 12.7 Å². The van der Waals surface area contributed by atoms with Crippen molar-refractivity contribution in [2.45, 2.75) is 13.3 Å². The molecule has 1 rings (SSSR count). The minimum atomic E-state index is -0.354. The number of benzene rings is 1. The molecule has 0 fully saturated rings. The minimum Gasteiger partial charge on any atom is -0.465 e. The molecule has 0 aliphatic rings. The van der Waals surface area contributed by atoms with Gasteiger partial charge in [0.2, 0.25) is 0 Å². The fourth-order valence-electron chi connectivity index (χ4n) is 1.50. The molecule has 6 heteroatoms. The van der Waals surface area contributed by atoms with Gasteiger partial charge in [-0.3, -0.25) is 0 Å². The van der Waals surface area contributed by atoms with Crippen molar-refractivity contribution in [3.8, 4) is 0 Å². The van der Waals surface area contributed by atoms with E-state index in [2.05, 4.69) is 15.4 Å². The van der Waals surface area contributed by atoms with Crippen molar-refractivity contribution in [2.75, 3.05) is 32.2 Å². The van der Waals surface area contributed by atoms with Crippen LogP contribution in [0.1, 0.15) is 23.7 Å². The van der Waals surface area contributed by atoms with Crippen LogP contribution >= 0.6 is 12.2 Å². The Hall–Kier alpha value is -1.66. The van der Waals surface area contributed by atoms with Crippen molar-refractivity contribution in [1.82, 2.24) is 5.32 Å². The Labute approximate surface area is 124 Å². The summed E-state index contributed by atoms with van der Waals surface area (Å²) in [5.41, 5.74) is 1.33. The fraction of sp³-hybridized carbons (Fsp3) is 0.429. The summed E-state index contributed by atoms with van der Waals surface area (Å²) < 4.78 is 9.87. The van der Waals surface area contributed by atoms with E-state index >= 15 is 0 Å². The standard InChI is InChI=1S/C14H20N2O3S/c1-3-19-10-4-9-15-14(20)16-12-7-5-11(6-8-12)13(17)18-2/h5-8H,3-4,9-10H2,1-2H3,(H2,15,16,20). The van der Waals surface area contributed by atoms with Gasteiger partial charge in [0.15, 0.2) is 5.11 Å². The topological polar surface area (TPSA) is 59.6 Å². The summed E-state index contributed by atoms with van der Waals surface area (Å²) in [7, 11) is 1.36. The number of thiocarbonyl (C=S) groups is 1. The third-order valence-electron chi connectivity index (χ3n) is 2.52. The summed E-state index contributed by atoms with van der Waals surface area (Å²) in [4.78, 5) is 11.3. The first-order valence-electron chi connectivity index (χ1n) is 6.48. The monoisotopic (exact) mass is 296 g/mol. The van der Waals surface area contributed by atoms with E-state index in [4.69, 9.17) is 17.0 Å². The average molecular weight is 296 g/mol. The van der Waals surface area contributed by atoms with Gasteiger partial charge in [-0.25, -0.2) is 4.79 Å². The predicted molar refractivity (Wildman–Crippen MR) is 83.1 cm³/mol. The summed E-state index contributed by atoms with van der Waals surface area (Å²) in [6, 6.07) is 6.93. The van der Waals surface area contributed by atoms with Crippen LogP contribution in [0.2, 0.25) is 0 Å². The first-order valence-corrected chi connectivity index (χ1v) is 6.89. The molecule has 0 unspecified atom stereocenters. The van der Waals surface area contributed by atoms with Crippen LogP contribution in [0.5, 0.6) is 0 Å². The van der Waals surface area contributed by atoms with Gasteiger partial charge in [-0.15, -0.1) is 0 Å². The lowest BCUT2D eigenvalue weighted by atomic mass is 10.2. The van der Waals surface area contributed by atoms with Crippen LogP contribution in [0.15, 0.2) is 24.3 Å². The highest BCUT2D eigenvalue weighted by atomic mass is 32.1. The van der Waals surface area contributed by atoms with E-state index in [-0.39, 0.29) is 5.97 Å². The van der Waals surface area contributed by atoms with E-state index < -0.39 is 0 Å². The second kappa shape index (κ2) is 9.28. The molecule has 5 nitrogen and oxygen atoms in total. The molecule has 0 radical (unpaired) electrons. The largest absolute Gasteiger partial charge is 0.465 e. The highest BCUT2D eigenvalue weighted by molar-refractivity contribution is 7.80. The number of carbonyl (C=O) groups excluding carboxylic acids is 1. The van der Waals surface area contributed by atoms with E-state index in [0.717, 1.165) is 31.9 Å². The Morgan fingerprint density at radius 3 is 2.60 bits per heavy atom. The number of hydrogen-bond donors (Lipinski definition) is 2. The molecule has 0 bridgehead atoms. The van der Waals surface area contributed by atoms with Crippen LogP contribution < -0.4 is 10.6 Å². The van der Waals surface area contributed by atoms with Gasteiger partial charge in [-0.1, -0.05) is 0 Å². The van der Waals surface area contributed by atoms with E-state index in [0.29, 0.717) is 10.7 Å². The van der Waals surface area contributed by atoms with Crippen molar-refractivity contribution < 1.29 is 14.3 Å². The molecule has 0 spiro atoms. The molecule has 20 heavy (non-hydrogen) atoms. The predicted octanol–water partition coefficient (Wildman–Crippen LogP) is 2.19. The van der Waals surface area contributed by atoms with Gasteiger partial charge in [0.25, 0.3) is 0 Å². The number of ether oxygens (including phenoxy) is 2. The van der Waals surface area contributed by atoms with E-state index in [1.807, 2.05) is 6.92 Å². The number of carbonyl (C=O) groups is 1. The number of hydrogen-bond acceptors (Lipinski definition) is 4. The zero-order chi connectivity index (χ0) is 14.8. The molecule has 2 N–H and O–H groups in total. The third kappa shape index (κ3) is 5.99. The molecule has 0 saturated carbocycles. The number of methoxy groups -OCH3 is 1. The van der Waals surface area contributed by atoms with Crippen molar-refractivity contribution >= 4 is 29.0 Å². The van der Waals surface area contributed by atoms with Gasteiger partial charge in [-0.2, -0.15) is 0 Å². The Bertz CT molecular complexity index is 435. The number of rotatable bonds is 7. The summed E-state index contributed by atoms with van der Waals surface area (Å²) in [5, 5.41) is 6.68. The van der Waals surface area contributed by atoms with Gasteiger partial charge < -0.3 is 20.1 Å². The number of nitrogens with one attached hydrogen (secondary N) is 2. The van der Waals surface area contributed by atoms with Crippen LogP contribution in [0.25, 0.3) is 0 Å². The maximum atomic E-state index is 11.3. The van der Waals surface area contributed by atoms with Crippen molar-refractivity contribution in [3.05, 3.63) is 29.8 Å². The van der Waals surface area contributed by atoms with Crippen LogP contribution in [0, 0.1) is 0 Å². The molecule has 0 heterocycles. The summed E-state index contributed by atoms with van der Waals surface area (Å²) in [6.07, 6.45) is 0.900. The van der Waals surface area contributed by atoms with Crippen molar-refractivity contribution in [3.63, 3.8) is 0 Å². The molecular formula is C14H20N2O3S. The van der Waals surface area contributed by atoms with Crippen LogP contribution in [-0.2, 0) is 9.47 Å². The Balaban J connectivity index is 2.33.